The third-order valence-corrected chi connectivity index (χ3v) is 2.74. The molecule has 0 aliphatic heterocycles. The van der Waals surface area contributed by atoms with Crippen LogP contribution in [0.25, 0.3) is 0 Å². The average molecular weight is 240 g/mol. The highest BCUT2D eigenvalue weighted by atomic mass is 16.3. The van der Waals surface area contributed by atoms with Crippen LogP contribution in [-0.4, -0.2) is 34.6 Å². The molecule has 0 fully saturated rings. The molecular formula is C12H24N4O. The molecule has 0 spiro atoms. The molecule has 17 heavy (non-hydrogen) atoms. The van der Waals surface area contributed by atoms with Crippen LogP contribution in [0.4, 0.5) is 11.5 Å². The third kappa shape index (κ3) is 3.12. The monoisotopic (exact) mass is 240 g/mol. The Morgan fingerprint density at radius 3 is 2.53 bits per heavy atom. The lowest BCUT2D eigenvalue weighted by Gasteiger charge is -2.24. The molecule has 5 heteroatoms. The lowest BCUT2D eigenvalue weighted by molar-refractivity contribution is 0.301. The molecule has 3 N–H and O–H groups in total. The summed E-state index contributed by atoms with van der Waals surface area (Å²) < 4.78 is 1.95. The van der Waals surface area contributed by atoms with Crippen molar-refractivity contribution in [1.82, 2.24) is 9.78 Å². The Hall–Kier alpha value is -1.23. The quantitative estimate of drug-likeness (QED) is 0.756. The molecule has 98 valence electrons. The van der Waals surface area contributed by atoms with Crippen LogP contribution in [0.15, 0.2) is 0 Å². The first kappa shape index (κ1) is 13.8. The molecule has 0 saturated heterocycles. The minimum atomic E-state index is 0.135. The number of aliphatic hydroxyl groups is 1. The molecule has 0 bridgehead atoms. The second-order valence-electron chi connectivity index (χ2n) is 4.26. The van der Waals surface area contributed by atoms with E-state index in [4.69, 9.17) is 10.8 Å². The minimum absolute atomic E-state index is 0.135. The highest BCUT2D eigenvalue weighted by Crippen LogP contribution is 2.26. The molecule has 0 amide bonds. The van der Waals surface area contributed by atoms with E-state index in [1.165, 1.54) is 0 Å². The Labute approximate surface area is 103 Å². The number of nitrogens with zero attached hydrogens (tertiary/aromatic N) is 3. The Bertz CT molecular complexity index is 343. The van der Waals surface area contributed by atoms with Gasteiger partial charge in [0.15, 0.2) is 5.82 Å². The van der Waals surface area contributed by atoms with Gasteiger partial charge < -0.3 is 15.7 Å². The molecule has 0 atom stereocenters. The van der Waals surface area contributed by atoms with Gasteiger partial charge in [-0.15, -0.1) is 0 Å². The fourth-order valence-electron chi connectivity index (χ4n) is 2.00. The molecule has 0 saturated carbocycles. The van der Waals surface area contributed by atoms with Gasteiger partial charge in [0.05, 0.1) is 18.0 Å². The van der Waals surface area contributed by atoms with Gasteiger partial charge >= 0.3 is 0 Å². The van der Waals surface area contributed by atoms with Crippen LogP contribution in [-0.2, 0) is 6.54 Å². The van der Waals surface area contributed by atoms with E-state index in [0.717, 1.165) is 43.1 Å². The smallest absolute Gasteiger partial charge is 0.150 e. The first-order valence-corrected chi connectivity index (χ1v) is 6.34. The van der Waals surface area contributed by atoms with Crippen molar-refractivity contribution in [3.05, 3.63) is 5.69 Å². The van der Waals surface area contributed by atoms with E-state index in [0.29, 0.717) is 6.54 Å². The molecule has 5 nitrogen and oxygen atoms in total. The van der Waals surface area contributed by atoms with Crippen molar-refractivity contribution >= 4 is 11.5 Å². The molecule has 0 aromatic carbocycles. The van der Waals surface area contributed by atoms with Crippen molar-refractivity contribution in [2.45, 2.75) is 40.2 Å². The summed E-state index contributed by atoms with van der Waals surface area (Å²) in [5, 5.41) is 13.6. The Morgan fingerprint density at radius 1 is 1.29 bits per heavy atom. The highest BCUT2D eigenvalue weighted by molar-refractivity contribution is 5.66. The number of anilines is 2. The molecule has 1 aromatic rings. The van der Waals surface area contributed by atoms with Gasteiger partial charge in [-0.3, -0.25) is 0 Å². The summed E-state index contributed by atoms with van der Waals surface area (Å²) in [6.07, 6.45) is 2.04. The van der Waals surface area contributed by atoms with E-state index in [1.54, 1.807) is 0 Å². The predicted molar refractivity (Wildman–Crippen MR) is 71.3 cm³/mol. The van der Waals surface area contributed by atoms with Crippen LogP contribution < -0.4 is 10.6 Å². The zero-order valence-electron chi connectivity index (χ0n) is 11.1. The molecule has 0 unspecified atom stereocenters. The third-order valence-electron chi connectivity index (χ3n) is 2.74. The first-order valence-electron chi connectivity index (χ1n) is 6.34. The number of nitrogen functional groups attached to an aromatic ring is 1. The van der Waals surface area contributed by atoms with Gasteiger partial charge in [0, 0.05) is 19.6 Å². The molecular weight excluding hydrogens is 216 g/mol. The van der Waals surface area contributed by atoms with Gasteiger partial charge in [-0.25, -0.2) is 4.68 Å². The van der Waals surface area contributed by atoms with Gasteiger partial charge in [-0.2, -0.15) is 5.10 Å². The van der Waals surface area contributed by atoms with Gasteiger partial charge in [-0.1, -0.05) is 13.8 Å². The van der Waals surface area contributed by atoms with E-state index in [1.807, 2.05) is 11.6 Å². The molecule has 0 aliphatic carbocycles. The second-order valence-corrected chi connectivity index (χ2v) is 4.26. The zero-order valence-corrected chi connectivity index (χ0v) is 11.1. The number of aliphatic hydroxyl groups excluding tert-OH is 1. The first-order chi connectivity index (χ1) is 8.15. The fraction of sp³-hybridized carbons (Fsp3) is 0.750. The van der Waals surface area contributed by atoms with Gasteiger partial charge in [0.2, 0.25) is 0 Å². The topological polar surface area (TPSA) is 67.3 Å². The SMILES string of the molecule is CCCN(CCO)c1c(N)c(C)nn1CCC. The molecule has 0 radical (unpaired) electrons. The predicted octanol–water partition coefficient (Wildman–Crippen LogP) is 1.39. The van der Waals surface area contributed by atoms with Crippen molar-refractivity contribution < 1.29 is 5.11 Å². The number of hydrogen-bond acceptors (Lipinski definition) is 4. The molecule has 1 rings (SSSR count). The standard InChI is InChI=1S/C12H24N4O/c1-4-6-15(8-9-17)12-11(13)10(3)14-16(12)7-5-2/h17H,4-9,13H2,1-3H3. The minimum Gasteiger partial charge on any atom is -0.395 e. The number of nitrogens with two attached hydrogens (primary N) is 1. The van der Waals surface area contributed by atoms with E-state index in [9.17, 15) is 0 Å². The van der Waals surface area contributed by atoms with Crippen molar-refractivity contribution in [3.63, 3.8) is 0 Å². The number of aryl methyl sites for hydroxylation is 2. The highest BCUT2D eigenvalue weighted by Gasteiger charge is 2.17. The number of hydrogen-bond donors (Lipinski definition) is 2. The zero-order chi connectivity index (χ0) is 12.8. The lowest BCUT2D eigenvalue weighted by Crippen LogP contribution is -2.30. The maximum atomic E-state index is 9.13. The normalized spacial score (nSPS) is 10.8. The van der Waals surface area contributed by atoms with Gasteiger partial charge in [0.1, 0.15) is 0 Å². The van der Waals surface area contributed by atoms with Gasteiger partial charge in [-0.05, 0) is 19.8 Å². The fourth-order valence-corrected chi connectivity index (χ4v) is 2.00. The molecule has 0 aliphatic rings. The Balaban J connectivity index is 3.05. The van der Waals surface area contributed by atoms with Crippen LogP contribution in [0, 0.1) is 6.92 Å². The summed E-state index contributed by atoms with van der Waals surface area (Å²) >= 11 is 0. The van der Waals surface area contributed by atoms with E-state index in [-0.39, 0.29) is 6.61 Å². The van der Waals surface area contributed by atoms with Crippen molar-refractivity contribution in [1.29, 1.82) is 0 Å². The van der Waals surface area contributed by atoms with Crippen LogP contribution in [0.1, 0.15) is 32.4 Å². The summed E-state index contributed by atoms with van der Waals surface area (Å²) in [6, 6.07) is 0. The lowest BCUT2D eigenvalue weighted by atomic mass is 10.3. The number of rotatable bonds is 7. The van der Waals surface area contributed by atoms with Crippen LogP contribution in [0.5, 0.6) is 0 Å². The summed E-state index contributed by atoms with van der Waals surface area (Å²) in [6.45, 7) is 8.65. The van der Waals surface area contributed by atoms with Gasteiger partial charge in [0.25, 0.3) is 0 Å². The van der Waals surface area contributed by atoms with Crippen LogP contribution in [0.2, 0.25) is 0 Å². The second kappa shape index (κ2) is 6.49. The Morgan fingerprint density at radius 2 is 2.00 bits per heavy atom. The molecule has 1 aromatic heterocycles. The van der Waals surface area contributed by atoms with E-state index < -0.39 is 0 Å². The van der Waals surface area contributed by atoms with E-state index in [2.05, 4.69) is 23.8 Å². The van der Waals surface area contributed by atoms with Crippen LogP contribution >= 0.6 is 0 Å². The summed E-state index contributed by atoms with van der Waals surface area (Å²) in [5.74, 6) is 0.959. The Kier molecular flexibility index (Phi) is 5.28. The molecule has 1 heterocycles. The summed E-state index contributed by atoms with van der Waals surface area (Å²) in [4.78, 5) is 2.12. The summed E-state index contributed by atoms with van der Waals surface area (Å²) in [5.41, 5.74) is 7.69. The van der Waals surface area contributed by atoms with Crippen LogP contribution in [0.3, 0.4) is 0 Å². The van der Waals surface area contributed by atoms with Crippen molar-refractivity contribution in [2.24, 2.45) is 0 Å². The van der Waals surface area contributed by atoms with E-state index >= 15 is 0 Å². The number of aromatic nitrogens is 2. The maximum Gasteiger partial charge on any atom is 0.150 e. The maximum absolute atomic E-state index is 9.13. The summed E-state index contributed by atoms with van der Waals surface area (Å²) in [7, 11) is 0. The largest absolute Gasteiger partial charge is 0.395 e. The average Bonchev–Trinajstić information content (AvgIpc) is 2.55. The van der Waals surface area contributed by atoms with Crippen molar-refractivity contribution in [2.75, 3.05) is 30.3 Å². The van der Waals surface area contributed by atoms with Crippen molar-refractivity contribution in [3.8, 4) is 0 Å².